The number of ether oxygens (including phenoxy) is 1. The first-order valence-electron chi connectivity index (χ1n) is 7.01. The van der Waals surface area contributed by atoms with Crippen LogP contribution in [0, 0.1) is 6.92 Å². The summed E-state index contributed by atoms with van der Waals surface area (Å²) in [5.74, 6) is -0.505. The number of benzene rings is 1. The van der Waals surface area contributed by atoms with E-state index in [0.29, 0.717) is 21.8 Å². The fraction of sp³-hybridized carbons (Fsp3) is 0.111. The van der Waals surface area contributed by atoms with E-state index in [4.69, 9.17) is 16.3 Å². The van der Waals surface area contributed by atoms with Gasteiger partial charge in [0.2, 0.25) is 5.78 Å². The van der Waals surface area contributed by atoms with Crippen LogP contribution in [0.1, 0.15) is 32.0 Å². The minimum absolute atomic E-state index is 0.101. The molecule has 0 aliphatic heterocycles. The Bertz CT molecular complexity index is 910. The van der Waals surface area contributed by atoms with E-state index in [2.05, 4.69) is 0 Å². The van der Waals surface area contributed by atoms with E-state index in [1.165, 1.54) is 7.11 Å². The predicted molar refractivity (Wildman–Crippen MR) is 88.4 cm³/mol. The zero-order chi connectivity index (χ0) is 16.6. The molecule has 0 radical (unpaired) electrons. The van der Waals surface area contributed by atoms with E-state index in [-0.39, 0.29) is 5.78 Å². The highest BCUT2D eigenvalue weighted by Gasteiger charge is 2.17. The SMILES string of the molecule is COC(=O)c1ccn2c(C(=O)c3ccc(Cl)cc3)cc(C)c2c1. The van der Waals surface area contributed by atoms with Crippen molar-refractivity contribution in [2.45, 2.75) is 6.92 Å². The normalized spacial score (nSPS) is 10.7. The van der Waals surface area contributed by atoms with Crippen LogP contribution in [-0.2, 0) is 4.74 Å². The van der Waals surface area contributed by atoms with Gasteiger partial charge in [-0.3, -0.25) is 4.79 Å². The van der Waals surface area contributed by atoms with E-state index in [9.17, 15) is 9.59 Å². The number of carbonyl (C=O) groups excluding carboxylic acids is 2. The van der Waals surface area contributed by atoms with Crippen molar-refractivity contribution >= 4 is 28.9 Å². The van der Waals surface area contributed by atoms with E-state index < -0.39 is 5.97 Å². The molecule has 4 nitrogen and oxygen atoms in total. The van der Waals surface area contributed by atoms with Crippen LogP contribution in [0.25, 0.3) is 5.52 Å². The van der Waals surface area contributed by atoms with E-state index in [1.807, 2.05) is 13.0 Å². The Morgan fingerprint density at radius 1 is 1.04 bits per heavy atom. The highest BCUT2D eigenvalue weighted by Crippen LogP contribution is 2.21. The van der Waals surface area contributed by atoms with Gasteiger partial charge in [0.05, 0.1) is 18.4 Å². The molecule has 0 aliphatic rings. The number of hydrogen-bond donors (Lipinski definition) is 0. The van der Waals surface area contributed by atoms with Gasteiger partial charge in [-0.25, -0.2) is 4.79 Å². The predicted octanol–water partition coefficient (Wildman–Crippen LogP) is 3.92. The first-order valence-corrected chi connectivity index (χ1v) is 7.39. The number of aryl methyl sites for hydroxylation is 1. The molecule has 0 saturated carbocycles. The van der Waals surface area contributed by atoms with E-state index >= 15 is 0 Å². The number of methoxy groups -OCH3 is 1. The zero-order valence-corrected chi connectivity index (χ0v) is 13.4. The second-order valence-corrected chi connectivity index (χ2v) is 5.65. The number of aromatic nitrogens is 1. The van der Waals surface area contributed by atoms with Crippen molar-refractivity contribution < 1.29 is 14.3 Å². The molecular formula is C18H14ClNO3. The lowest BCUT2D eigenvalue weighted by Crippen LogP contribution is -2.06. The highest BCUT2D eigenvalue weighted by atomic mass is 35.5. The standard InChI is InChI=1S/C18H14ClNO3/c1-11-9-16(17(21)12-3-5-14(19)6-4-12)20-8-7-13(10-15(11)20)18(22)23-2/h3-10H,1-2H3. The number of rotatable bonds is 3. The molecule has 3 rings (SSSR count). The van der Waals surface area contributed by atoms with Gasteiger partial charge in [-0.05, 0) is 55.0 Å². The molecule has 0 fully saturated rings. The fourth-order valence-electron chi connectivity index (χ4n) is 2.53. The molecule has 5 heteroatoms. The number of nitrogens with zero attached hydrogens (tertiary/aromatic N) is 1. The van der Waals surface area contributed by atoms with Crippen LogP contribution in [0.4, 0.5) is 0 Å². The summed E-state index contributed by atoms with van der Waals surface area (Å²) < 4.78 is 6.51. The van der Waals surface area contributed by atoms with Gasteiger partial charge in [0.25, 0.3) is 0 Å². The number of pyridine rings is 1. The van der Waals surface area contributed by atoms with Gasteiger partial charge in [0, 0.05) is 22.3 Å². The molecule has 1 aromatic carbocycles. The van der Waals surface area contributed by atoms with Crippen molar-refractivity contribution in [3.63, 3.8) is 0 Å². The highest BCUT2D eigenvalue weighted by molar-refractivity contribution is 6.30. The number of esters is 1. The molecule has 0 saturated heterocycles. The quantitative estimate of drug-likeness (QED) is 0.541. The van der Waals surface area contributed by atoms with Gasteiger partial charge >= 0.3 is 5.97 Å². The Morgan fingerprint density at radius 3 is 2.39 bits per heavy atom. The molecule has 0 spiro atoms. The smallest absolute Gasteiger partial charge is 0.337 e. The maximum absolute atomic E-state index is 12.7. The molecular weight excluding hydrogens is 314 g/mol. The third-order valence-electron chi connectivity index (χ3n) is 3.73. The first-order chi connectivity index (χ1) is 11.0. The number of ketones is 1. The minimum atomic E-state index is -0.404. The summed E-state index contributed by atoms with van der Waals surface area (Å²) >= 11 is 5.86. The summed E-state index contributed by atoms with van der Waals surface area (Å²) in [5, 5.41) is 0.584. The summed E-state index contributed by atoms with van der Waals surface area (Å²) in [4.78, 5) is 24.4. The summed E-state index contributed by atoms with van der Waals surface area (Å²) in [5.41, 5.74) is 3.26. The second kappa shape index (κ2) is 5.89. The van der Waals surface area contributed by atoms with Crippen LogP contribution in [-0.4, -0.2) is 23.3 Å². The Morgan fingerprint density at radius 2 is 1.74 bits per heavy atom. The Hall–Kier alpha value is -2.59. The van der Waals surface area contributed by atoms with Gasteiger partial charge < -0.3 is 9.14 Å². The topological polar surface area (TPSA) is 47.8 Å². The van der Waals surface area contributed by atoms with Crippen molar-refractivity contribution in [1.29, 1.82) is 0 Å². The Balaban J connectivity index is 2.10. The third kappa shape index (κ3) is 2.73. The maximum Gasteiger partial charge on any atom is 0.337 e. The molecule has 2 aromatic heterocycles. The molecule has 0 aliphatic carbocycles. The molecule has 0 bridgehead atoms. The second-order valence-electron chi connectivity index (χ2n) is 5.21. The van der Waals surface area contributed by atoms with Gasteiger partial charge in [-0.1, -0.05) is 11.6 Å². The van der Waals surface area contributed by atoms with Gasteiger partial charge in [-0.15, -0.1) is 0 Å². The largest absolute Gasteiger partial charge is 0.465 e. The number of carbonyl (C=O) groups is 2. The van der Waals surface area contributed by atoms with Crippen molar-refractivity contribution in [3.05, 3.63) is 76.1 Å². The molecule has 23 heavy (non-hydrogen) atoms. The average Bonchev–Trinajstić information content (AvgIpc) is 2.90. The molecule has 0 amide bonds. The van der Waals surface area contributed by atoms with Crippen LogP contribution in [0.5, 0.6) is 0 Å². The first kappa shape index (κ1) is 15.3. The Labute approximate surface area is 138 Å². The Kier molecular flexibility index (Phi) is 3.92. The van der Waals surface area contributed by atoms with Gasteiger partial charge in [0.1, 0.15) is 0 Å². The number of halogens is 1. The zero-order valence-electron chi connectivity index (χ0n) is 12.7. The van der Waals surface area contributed by atoms with E-state index in [0.717, 1.165) is 11.1 Å². The number of fused-ring (bicyclic) bond motifs is 1. The van der Waals surface area contributed by atoms with Crippen molar-refractivity contribution in [2.24, 2.45) is 0 Å². The number of hydrogen-bond acceptors (Lipinski definition) is 3. The third-order valence-corrected chi connectivity index (χ3v) is 3.98. The molecule has 0 N–H and O–H groups in total. The summed E-state index contributed by atoms with van der Waals surface area (Å²) in [6, 6.07) is 11.9. The molecule has 0 atom stereocenters. The lowest BCUT2D eigenvalue weighted by atomic mass is 10.1. The molecule has 116 valence electrons. The maximum atomic E-state index is 12.7. The molecule has 2 heterocycles. The minimum Gasteiger partial charge on any atom is -0.465 e. The average molecular weight is 328 g/mol. The van der Waals surface area contributed by atoms with Crippen LogP contribution < -0.4 is 0 Å². The summed E-state index contributed by atoms with van der Waals surface area (Å²) in [6.07, 6.45) is 1.71. The molecule has 3 aromatic rings. The van der Waals surface area contributed by atoms with Crippen LogP contribution in [0.3, 0.4) is 0 Å². The lowest BCUT2D eigenvalue weighted by Gasteiger charge is -2.05. The van der Waals surface area contributed by atoms with Crippen molar-refractivity contribution in [3.8, 4) is 0 Å². The summed E-state index contributed by atoms with van der Waals surface area (Å²) in [6.45, 7) is 1.90. The van der Waals surface area contributed by atoms with E-state index in [1.54, 1.807) is 47.0 Å². The van der Waals surface area contributed by atoms with Crippen LogP contribution >= 0.6 is 11.6 Å². The van der Waals surface area contributed by atoms with Gasteiger partial charge in [-0.2, -0.15) is 0 Å². The monoisotopic (exact) mass is 327 g/mol. The van der Waals surface area contributed by atoms with Gasteiger partial charge in [0.15, 0.2) is 0 Å². The van der Waals surface area contributed by atoms with Crippen LogP contribution in [0.15, 0.2) is 48.7 Å². The summed E-state index contributed by atoms with van der Waals surface area (Å²) in [7, 11) is 1.34. The van der Waals surface area contributed by atoms with Crippen LogP contribution in [0.2, 0.25) is 5.02 Å². The van der Waals surface area contributed by atoms with Crippen molar-refractivity contribution in [1.82, 2.24) is 4.40 Å². The van der Waals surface area contributed by atoms with Crippen molar-refractivity contribution in [2.75, 3.05) is 7.11 Å². The lowest BCUT2D eigenvalue weighted by molar-refractivity contribution is 0.0600. The molecule has 0 unspecified atom stereocenters. The fourth-order valence-corrected chi connectivity index (χ4v) is 2.66.